The number of aromatic nitrogens is 4. The number of piperidine rings is 4. The van der Waals surface area contributed by atoms with E-state index in [1.54, 1.807) is 27.6 Å². The Kier molecular flexibility index (Phi) is 17.8. The van der Waals surface area contributed by atoms with Gasteiger partial charge in [-0.25, -0.2) is 0 Å². The van der Waals surface area contributed by atoms with Crippen molar-refractivity contribution in [1.82, 2.24) is 34.2 Å². The summed E-state index contributed by atoms with van der Waals surface area (Å²) in [5.74, 6) is 9.38. The van der Waals surface area contributed by atoms with Gasteiger partial charge in [-0.3, -0.25) is 0 Å². The average molecular weight is 1260 g/mol. The van der Waals surface area contributed by atoms with Gasteiger partial charge in [0, 0.05) is 179 Å². The maximum absolute atomic E-state index is 9.52. The molecule has 12 atom stereocenters. The van der Waals surface area contributed by atoms with Crippen molar-refractivity contribution in [1.29, 1.82) is 0 Å². The van der Waals surface area contributed by atoms with Crippen LogP contribution in [0.3, 0.4) is 0 Å². The van der Waals surface area contributed by atoms with E-state index in [2.05, 4.69) is 179 Å². The van der Waals surface area contributed by atoms with Crippen LogP contribution in [0.25, 0.3) is 48.9 Å². The molecule has 0 amide bonds. The quantitative estimate of drug-likeness (QED) is 0.126. The van der Waals surface area contributed by atoms with Crippen LogP contribution in [-0.2, 0) is 32.7 Å². The minimum Gasteiger partial charge on any atom is -0.659 e. The van der Waals surface area contributed by atoms with Crippen molar-refractivity contribution >= 4 is 78.9 Å². The number of rotatable bonds is 7. The number of aliphatic hydroxyl groups is 1. The van der Waals surface area contributed by atoms with Crippen LogP contribution < -0.4 is 0 Å². The van der Waals surface area contributed by atoms with E-state index in [9.17, 15) is 5.11 Å². The van der Waals surface area contributed by atoms with Crippen molar-refractivity contribution in [3.8, 4) is 0 Å². The zero-order chi connectivity index (χ0) is 54.1. The Balaban J connectivity index is 0.000000106. The van der Waals surface area contributed by atoms with Gasteiger partial charge in [-0.15, -0.1) is 12.6 Å². The summed E-state index contributed by atoms with van der Waals surface area (Å²) in [5.41, 5.74) is 17.5. The van der Waals surface area contributed by atoms with E-state index in [1.807, 2.05) is 35.3 Å². The number of hydrogen-bond acceptors (Lipinski definition) is 7. The van der Waals surface area contributed by atoms with Gasteiger partial charge in [-0.2, -0.15) is 35.3 Å². The topological polar surface area (TPSA) is 96.3 Å². The molecule has 13 heteroatoms. The predicted molar refractivity (Wildman–Crippen MR) is 340 cm³/mol. The SMILES string of the molecule is CN1CC(CO)CC2c3cccc4[nH]cc(c34)CC21.CSCC1CC2c3cccc4[nH]cc(c34)CC2N(C)C1.CSCC1CC2c3cccc4c3c(cn4C)CC2N(C)C1.CSCC1C[N-]C2Cc3c[nH]c4cccc(c34)C2C1.[Pr]. The molecule has 4 aromatic heterocycles. The van der Waals surface area contributed by atoms with Crippen molar-refractivity contribution < 1.29 is 46.4 Å². The first-order valence-electron chi connectivity index (χ1n) is 29.8. The summed E-state index contributed by atoms with van der Waals surface area (Å²) in [5, 5.41) is 20.5. The number of likely N-dealkylation sites (N-methyl/N-ethyl adjacent to an activating group) is 3. The number of hydrogen-bond donors (Lipinski definition) is 4. The minimum absolute atomic E-state index is 0. The summed E-state index contributed by atoms with van der Waals surface area (Å²) in [4.78, 5) is 18.0. The van der Waals surface area contributed by atoms with Crippen molar-refractivity contribution in [2.45, 2.75) is 99.2 Å². The third kappa shape index (κ3) is 10.8. The fourth-order valence-electron chi connectivity index (χ4n) is 17.2. The molecule has 0 spiro atoms. The monoisotopic (exact) mass is 1250 g/mol. The van der Waals surface area contributed by atoms with Crippen molar-refractivity contribution in [3.63, 3.8) is 0 Å². The molecule has 4 N–H and O–H groups in total. The van der Waals surface area contributed by atoms with Gasteiger partial charge >= 0.3 is 0 Å². The number of aryl methyl sites for hydroxylation is 1. The van der Waals surface area contributed by atoms with Crippen molar-refractivity contribution in [2.24, 2.45) is 30.7 Å². The van der Waals surface area contributed by atoms with Crippen LogP contribution in [0.15, 0.2) is 97.6 Å². The Morgan fingerprint density at radius 1 is 0.487 bits per heavy atom. The molecule has 0 saturated carbocycles. The number of benzene rings is 4. The molecule has 4 aromatic carbocycles. The van der Waals surface area contributed by atoms with Crippen LogP contribution in [0.2, 0.25) is 0 Å². The van der Waals surface area contributed by atoms with Crippen LogP contribution in [0, 0.1) is 65.0 Å². The first-order chi connectivity index (χ1) is 38.6. The van der Waals surface area contributed by atoms with E-state index in [0.717, 1.165) is 61.9 Å². The van der Waals surface area contributed by atoms with Gasteiger partial charge in [0.2, 0.25) is 0 Å². The molecule has 8 heterocycles. The zero-order valence-electron chi connectivity index (χ0n) is 48.5. The average Bonchev–Trinajstić information content (AvgIpc) is 4.35. The Labute approximate surface area is 522 Å². The van der Waals surface area contributed by atoms with Crippen LogP contribution in [0.1, 0.15) is 93.9 Å². The first-order valence-corrected chi connectivity index (χ1v) is 34.0. The number of aliphatic hydroxyl groups excluding tert-OH is 1. The Hall–Kier alpha value is -2.75. The second-order valence-electron chi connectivity index (χ2n) is 25.4. The summed E-state index contributed by atoms with van der Waals surface area (Å²) in [6.07, 6.45) is 25.5. The van der Waals surface area contributed by atoms with Gasteiger partial charge in [-0.05, 0) is 201 Å². The second-order valence-corrected chi connectivity index (χ2v) is 28.1. The maximum Gasteiger partial charge on any atom is 0.0483 e. The summed E-state index contributed by atoms with van der Waals surface area (Å²) < 4.78 is 2.31. The summed E-state index contributed by atoms with van der Waals surface area (Å²) in [7, 11) is 9.04. The molecule has 12 unspecified atom stereocenters. The second kappa shape index (κ2) is 24.7. The number of aromatic amines is 3. The van der Waals surface area contributed by atoms with Crippen molar-refractivity contribution in [2.75, 3.05) is 90.0 Å². The molecule has 8 aromatic rings. The molecule has 4 aliphatic heterocycles. The number of nitrogens with zero attached hydrogens (tertiary/aromatic N) is 5. The summed E-state index contributed by atoms with van der Waals surface area (Å²) in [6.45, 7) is 4.92. The van der Waals surface area contributed by atoms with Gasteiger partial charge < -0.3 is 44.6 Å². The zero-order valence-corrected chi connectivity index (χ0v) is 54.6. The van der Waals surface area contributed by atoms with Gasteiger partial charge in [-0.1, -0.05) is 54.4 Å². The number of fused-ring (bicyclic) bond motifs is 8. The molecule has 9 nitrogen and oxygen atoms in total. The van der Waals surface area contributed by atoms with Gasteiger partial charge in [0.1, 0.15) is 0 Å². The number of likely N-dealkylation sites (tertiary alicyclic amines) is 3. The van der Waals surface area contributed by atoms with Crippen LogP contribution >= 0.6 is 35.3 Å². The normalized spacial score (nSPS) is 29.2. The molecule has 1 radical (unpaired) electrons. The molecule has 80 heavy (non-hydrogen) atoms. The fourth-order valence-corrected chi connectivity index (χ4v) is 19.3. The molecular weight excluding hydrogens is 1170 g/mol. The maximum atomic E-state index is 9.52. The minimum atomic E-state index is 0. The molecule has 16 rings (SSSR count). The third-order valence-electron chi connectivity index (χ3n) is 20.5. The molecule has 0 bridgehead atoms. The van der Waals surface area contributed by atoms with E-state index < -0.39 is 0 Å². The Bertz CT molecular complexity index is 3440. The van der Waals surface area contributed by atoms with Crippen LogP contribution in [-0.4, -0.2) is 153 Å². The summed E-state index contributed by atoms with van der Waals surface area (Å²) >= 11 is 5.96. The van der Waals surface area contributed by atoms with E-state index in [0.29, 0.717) is 48.5 Å². The molecular formula is C67H85N8OPrS3-. The molecule has 4 saturated heterocycles. The molecule has 8 aliphatic rings. The van der Waals surface area contributed by atoms with E-state index >= 15 is 0 Å². The molecule has 421 valence electrons. The number of H-pyrrole nitrogens is 3. The van der Waals surface area contributed by atoms with Crippen molar-refractivity contribution in [3.05, 3.63) is 147 Å². The number of nitrogens with one attached hydrogen (secondary N) is 3. The predicted octanol–water partition coefficient (Wildman–Crippen LogP) is 13.0. The smallest absolute Gasteiger partial charge is 0.0483 e. The largest absolute Gasteiger partial charge is 0.659 e. The fraction of sp³-hybridized carbons (Fsp3) is 0.522. The van der Waals surface area contributed by atoms with Crippen LogP contribution in [0.5, 0.6) is 0 Å². The van der Waals surface area contributed by atoms with Gasteiger partial charge in [0.15, 0.2) is 0 Å². The van der Waals surface area contributed by atoms with E-state index in [-0.39, 0.29) is 41.3 Å². The summed E-state index contributed by atoms with van der Waals surface area (Å²) in [6, 6.07) is 29.5. The Morgan fingerprint density at radius 2 is 0.887 bits per heavy atom. The van der Waals surface area contributed by atoms with Gasteiger partial charge in [0.05, 0.1) is 0 Å². The first kappa shape index (κ1) is 57.7. The molecule has 4 fully saturated rings. The van der Waals surface area contributed by atoms with E-state index in [4.69, 9.17) is 5.32 Å². The Morgan fingerprint density at radius 3 is 1.38 bits per heavy atom. The van der Waals surface area contributed by atoms with Gasteiger partial charge in [0.25, 0.3) is 0 Å². The molecule has 4 aliphatic carbocycles. The van der Waals surface area contributed by atoms with Crippen LogP contribution in [0.4, 0.5) is 0 Å². The van der Waals surface area contributed by atoms with E-state index in [1.165, 1.54) is 123 Å². The standard InChI is InChI=1S/C18H24N2S.C17H22N2S.C16H20N2O.C16H19N2S.Pr/c1-19-9-12(11-21-3)7-15-14-5-4-6-16-18(14)13(8-17(15)19)10-20(16)2;1-19-9-11(10-20-2)6-14-13-4-3-5-15-17(13)12(8-18-15)7-16(14)19;1-18-8-10(9-19)5-13-12-3-2-4-14-16(12)11(7-17-14)6-15(13)18;1-19-9-10-5-13-12-3-2-4-14-16(12)11(8-18-14)6-15(13)17-7-10;/h4-6,10,12,15,17H,7-9,11H2,1-3H3;3-5,8,11,14,16,18H,6-7,9-10H2,1-2H3;2-4,7,10,13,15,17,19H,5-6,8-9H2,1H3;2-4,8,10,13,15,18H,5-7,9H2,1H3;/q;;;-1;. The third-order valence-corrected chi connectivity index (χ3v) is 22.9. The number of thioether (sulfide) groups is 3.